The molecule has 0 radical (unpaired) electrons. The molecule has 0 bridgehead atoms. The second kappa shape index (κ2) is 9.04. The Morgan fingerprint density at radius 1 is 1.13 bits per heavy atom. The molecule has 0 saturated carbocycles. The Kier molecular flexibility index (Phi) is 6.23. The SMILES string of the molecule is Cc1cccc(OCCCN2CCN(C(=O)c3cc4c([nH]c3=O)CCC4)CC2)c1C. The molecule has 0 unspecified atom stereocenters. The van der Waals surface area contributed by atoms with Crippen LogP contribution in [0, 0.1) is 13.8 Å². The van der Waals surface area contributed by atoms with E-state index in [1.165, 1.54) is 11.1 Å². The zero-order chi connectivity index (χ0) is 21.1. The first kappa shape index (κ1) is 20.7. The number of nitrogens with one attached hydrogen (secondary N) is 1. The van der Waals surface area contributed by atoms with Crippen LogP contribution in [0.5, 0.6) is 5.75 Å². The number of hydrogen-bond donors (Lipinski definition) is 1. The van der Waals surface area contributed by atoms with Crippen molar-refractivity contribution in [1.29, 1.82) is 0 Å². The van der Waals surface area contributed by atoms with Gasteiger partial charge in [-0.2, -0.15) is 0 Å². The minimum absolute atomic E-state index is 0.135. The van der Waals surface area contributed by atoms with E-state index in [2.05, 4.69) is 29.8 Å². The molecule has 2 aromatic rings. The van der Waals surface area contributed by atoms with Crippen molar-refractivity contribution in [1.82, 2.24) is 14.8 Å². The molecule has 0 atom stereocenters. The molecule has 0 spiro atoms. The van der Waals surface area contributed by atoms with Crippen molar-refractivity contribution in [2.45, 2.75) is 39.5 Å². The van der Waals surface area contributed by atoms with Crippen LogP contribution in [0.2, 0.25) is 0 Å². The maximum Gasteiger partial charge on any atom is 0.261 e. The summed E-state index contributed by atoms with van der Waals surface area (Å²) >= 11 is 0. The van der Waals surface area contributed by atoms with Crippen molar-refractivity contribution in [3.05, 3.63) is 62.6 Å². The predicted octanol–water partition coefficient (Wildman–Crippen LogP) is 2.71. The zero-order valence-corrected chi connectivity index (χ0v) is 18.0. The van der Waals surface area contributed by atoms with Crippen molar-refractivity contribution < 1.29 is 9.53 Å². The minimum Gasteiger partial charge on any atom is -0.493 e. The van der Waals surface area contributed by atoms with Gasteiger partial charge in [-0.1, -0.05) is 12.1 Å². The number of fused-ring (bicyclic) bond motifs is 1. The molecule has 1 fully saturated rings. The Morgan fingerprint density at radius 3 is 2.73 bits per heavy atom. The number of nitrogens with zero attached hydrogens (tertiary/aromatic N) is 2. The number of aromatic nitrogens is 1. The van der Waals surface area contributed by atoms with E-state index in [9.17, 15) is 9.59 Å². The number of pyridine rings is 1. The number of aromatic amines is 1. The Morgan fingerprint density at radius 2 is 1.93 bits per heavy atom. The average Bonchev–Trinajstić information content (AvgIpc) is 3.20. The molecule has 2 aliphatic rings. The molecule has 1 aliphatic heterocycles. The third-order valence-electron chi connectivity index (χ3n) is 6.41. The van der Waals surface area contributed by atoms with Crippen LogP contribution >= 0.6 is 0 Å². The van der Waals surface area contributed by atoms with E-state index in [1.54, 1.807) is 0 Å². The van der Waals surface area contributed by atoms with Crippen LogP contribution < -0.4 is 10.3 Å². The van der Waals surface area contributed by atoms with Crippen molar-refractivity contribution in [2.24, 2.45) is 0 Å². The van der Waals surface area contributed by atoms with Crippen molar-refractivity contribution in [3.63, 3.8) is 0 Å². The Bertz CT molecular complexity index is 974. The lowest BCUT2D eigenvalue weighted by atomic mass is 10.1. The fourth-order valence-corrected chi connectivity index (χ4v) is 4.37. The van der Waals surface area contributed by atoms with Crippen molar-refractivity contribution >= 4 is 5.91 Å². The second-order valence-electron chi connectivity index (χ2n) is 8.40. The largest absolute Gasteiger partial charge is 0.493 e. The molecule has 6 heteroatoms. The maximum absolute atomic E-state index is 12.9. The van der Waals surface area contributed by atoms with Gasteiger partial charge in [0, 0.05) is 38.4 Å². The van der Waals surface area contributed by atoms with Gasteiger partial charge in [0.1, 0.15) is 11.3 Å². The summed E-state index contributed by atoms with van der Waals surface area (Å²) in [6.07, 6.45) is 3.86. The number of ether oxygens (including phenoxy) is 1. The number of hydrogen-bond acceptors (Lipinski definition) is 4. The number of H-pyrrole nitrogens is 1. The molecular formula is C24H31N3O3. The van der Waals surface area contributed by atoms with Gasteiger partial charge in [0.2, 0.25) is 0 Å². The van der Waals surface area contributed by atoms with E-state index < -0.39 is 0 Å². The number of amides is 1. The van der Waals surface area contributed by atoms with Crippen LogP contribution in [-0.2, 0) is 12.8 Å². The molecule has 1 amide bonds. The normalized spacial score (nSPS) is 16.5. The molecule has 1 aromatic heterocycles. The fourth-order valence-electron chi connectivity index (χ4n) is 4.37. The van der Waals surface area contributed by atoms with Gasteiger partial charge < -0.3 is 14.6 Å². The molecule has 4 rings (SSSR count). The molecular weight excluding hydrogens is 378 g/mol. The molecule has 1 N–H and O–H groups in total. The van der Waals surface area contributed by atoms with E-state index >= 15 is 0 Å². The highest BCUT2D eigenvalue weighted by Crippen LogP contribution is 2.21. The second-order valence-corrected chi connectivity index (χ2v) is 8.40. The molecule has 160 valence electrons. The smallest absolute Gasteiger partial charge is 0.261 e. The summed E-state index contributed by atoms with van der Waals surface area (Å²) in [5.74, 6) is 0.828. The summed E-state index contributed by atoms with van der Waals surface area (Å²) in [4.78, 5) is 32.3. The summed E-state index contributed by atoms with van der Waals surface area (Å²) in [5.41, 5.74) is 4.63. The van der Waals surface area contributed by atoms with Crippen molar-refractivity contribution in [3.8, 4) is 5.75 Å². The minimum atomic E-state index is -0.244. The highest BCUT2D eigenvalue weighted by Gasteiger charge is 2.25. The molecule has 2 heterocycles. The summed E-state index contributed by atoms with van der Waals surface area (Å²) in [7, 11) is 0. The first-order chi connectivity index (χ1) is 14.5. The van der Waals surface area contributed by atoms with E-state index in [4.69, 9.17) is 4.74 Å². The van der Waals surface area contributed by atoms with Gasteiger partial charge in [0.15, 0.2) is 0 Å². The average molecular weight is 410 g/mol. The number of piperazine rings is 1. The van der Waals surface area contributed by atoms with E-state index in [1.807, 2.05) is 23.1 Å². The third-order valence-corrected chi connectivity index (χ3v) is 6.41. The van der Waals surface area contributed by atoms with Gasteiger partial charge >= 0.3 is 0 Å². The number of rotatable bonds is 6. The van der Waals surface area contributed by atoms with Gasteiger partial charge in [-0.3, -0.25) is 14.5 Å². The Hall–Kier alpha value is -2.60. The maximum atomic E-state index is 12.9. The van der Waals surface area contributed by atoms with Crippen LogP contribution in [0.4, 0.5) is 0 Å². The van der Waals surface area contributed by atoms with Gasteiger partial charge in [0.25, 0.3) is 11.5 Å². The van der Waals surface area contributed by atoms with Gasteiger partial charge in [0.05, 0.1) is 6.61 Å². The molecule has 6 nitrogen and oxygen atoms in total. The van der Waals surface area contributed by atoms with E-state index in [0.717, 1.165) is 62.3 Å². The first-order valence-electron chi connectivity index (χ1n) is 11.0. The molecule has 1 aromatic carbocycles. The van der Waals surface area contributed by atoms with Gasteiger partial charge in [-0.05, 0) is 68.4 Å². The van der Waals surface area contributed by atoms with Crippen LogP contribution in [0.15, 0.2) is 29.1 Å². The predicted molar refractivity (Wildman–Crippen MR) is 117 cm³/mol. The van der Waals surface area contributed by atoms with Crippen LogP contribution in [-0.4, -0.2) is 60.0 Å². The Balaban J connectivity index is 1.24. The summed E-state index contributed by atoms with van der Waals surface area (Å²) in [6, 6.07) is 7.97. The summed E-state index contributed by atoms with van der Waals surface area (Å²) in [6.45, 7) is 8.81. The lowest BCUT2D eigenvalue weighted by molar-refractivity contribution is 0.0629. The lowest BCUT2D eigenvalue weighted by Gasteiger charge is -2.34. The van der Waals surface area contributed by atoms with Crippen LogP contribution in [0.25, 0.3) is 0 Å². The topological polar surface area (TPSA) is 65.6 Å². The molecule has 1 saturated heterocycles. The third kappa shape index (κ3) is 4.43. The van der Waals surface area contributed by atoms with Crippen LogP contribution in [0.3, 0.4) is 0 Å². The van der Waals surface area contributed by atoms with Crippen molar-refractivity contribution in [2.75, 3.05) is 39.3 Å². The standard InChI is InChI=1S/C24H31N3O3/c1-17-6-3-9-22(18(17)2)30-15-5-10-26-11-13-27(14-12-26)24(29)20-16-19-7-4-8-21(19)25-23(20)28/h3,6,9,16H,4-5,7-8,10-15H2,1-2H3,(H,25,28). The zero-order valence-electron chi connectivity index (χ0n) is 18.0. The van der Waals surface area contributed by atoms with E-state index in [-0.39, 0.29) is 11.5 Å². The number of carbonyl (C=O) groups excluding carboxylic acids is 1. The monoisotopic (exact) mass is 409 g/mol. The highest BCUT2D eigenvalue weighted by molar-refractivity contribution is 5.94. The number of aryl methyl sites for hydroxylation is 3. The van der Waals surface area contributed by atoms with Crippen LogP contribution in [0.1, 0.15) is 45.6 Å². The molecule has 30 heavy (non-hydrogen) atoms. The number of carbonyl (C=O) groups is 1. The van der Waals surface area contributed by atoms with E-state index in [0.29, 0.717) is 25.3 Å². The fraction of sp³-hybridized carbons (Fsp3) is 0.500. The lowest BCUT2D eigenvalue weighted by Crippen LogP contribution is -2.49. The summed E-state index contributed by atoms with van der Waals surface area (Å²) < 4.78 is 5.95. The summed E-state index contributed by atoms with van der Waals surface area (Å²) in [5, 5.41) is 0. The van der Waals surface area contributed by atoms with Gasteiger partial charge in [-0.15, -0.1) is 0 Å². The first-order valence-corrected chi connectivity index (χ1v) is 11.0. The highest BCUT2D eigenvalue weighted by atomic mass is 16.5. The Labute approximate surface area is 177 Å². The quantitative estimate of drug-likeness (QED) is 0.745. The molecule has 1 aliphatic carbocycles. The van der Waals surface area contributed by atoms with Gasteiger partial charge in [-0.25, -0.2) is 0 Å². The number of benzene rings is 1.